The molecular weight excluding hydrogens is 514 g/mol. The summed E-state index contributed by atoms with van der Waals surface area (Å²) in [5.41, 5.74) is 0.579. The van der Waals surface area contributed by atoms with Crippen molar-refractivity contribution in [2.24, 2.45) is 0 Å². The first-order valence-corrected chi connectivity index (χ1v) is 13.4. The van der Waals surface area contributed by atoms with Crippen LogP contribution in [0.3, 0.4) is 0 Å². The Morgan fingerprint density at radius 2 is 1.86 bits per heavy atom. The number of aromatic nitrogens is 1. The zero-order chi connectivity index (χ0) is 26.0. The van der Waals surface area contributed by atoms with Gasteiger partial charge >= 0.3 is 5.97 Å². The van der Waals surface area contributed by atoms with Crippen LogP contribution >= 0.6 is 11.3 Å². The lowest BCUT2D eigenvalue weighted by atomic mass is 10.1. The van der Waals surface area contributed by atoms with Crippen LogP contribution in [0.25, 0.3) is 0 Å². The number of nitrogens with zero attached hydrogens (tertiary/aromatic N) is 1. The lowest BCUT2D eigenvalue weighted by Gasteiger charge is -2.19. The number of hydrogen-bond acceptors (Lipinski definition) is 8. The number of rotatable bonds is 9. The maximum atomic E-state index is 14.3. The zero-order valence-electron chi connectivity index (χ0n) is 19.3. The highest BCUT2D eigenvalue weighted by molar-refractivity contribution is 7.92. The number of thiazole rings is 1. The molecule has 1 heterocycles. The second-order valence-corrected chi connectivity index (χ2v) is 11.3. The number of ether oxygens (including phenoxy) is 2. The van der Waals surface area contributed by atoms with Crippen molar-refractivity contribution in [2.45, 2.75) is 42.9 Å². The van der Waals surface area contributed by atoms with Crippen molar-refractivity contribution in [1.29, 1.82) is 0 Å². The highest BCUT2D eigenvalue weighted by Gasteiger charge is 2.37. The quantitative estimate of drug-likeness (QED) is 0.398. The van der Waals surface area contributed by atoms with E-state index >= 15 is 0 Å². The number of esters is 1. The molecule has 1 atom stereocenters. The number of aryl methyl sites for hydroxylation is 1. The molecule has 0 bridgehead atoms. The predicted octanol–water partition coefficient (Wildman–Crippen LogP) is 4.60. The molecule has 36 heavy (non-hydrogen) atoms. The fraction of sp³-hybridized carbons (Fsp3) is 0.292. The first-order valence-electron chi connectivity index (χ1n) is 11.0. The Labute approximate surface area is 210 Å². The van der Waals surface area contributed by atoms with Gasteiger partial charge in [0.15, 0.2) is 26.5 Å². The van der Waals surface area contributed by atoms with Gasteiger partial charge in [-0.15, -0.1) is 0 Å². The number of anilines is 1. The fourth-order valence-electron chi connectivity index (χ4n) is 3.38. The smallest absolute Gasteiger partial charge is 0.350 e. The minimum Gasteiger partial charge on any atom is -0.473 e. The molecule has 1 fully saturated rings. The van der Waals surface area contributed by atoms with Gasteiger partial charge in [0.05, 0.1) is 22.4 Å². The Morgan fingerprint density at radius 1 is 1.17 bits per heavy atom. The Morgan fingerprint density at radius 3 is 2.47 bits per heavy atom. The molecule has 0 radical (unpaired) electrons. The van der Waals surface area contributed by atoms with Crippen LogP contribution in [0.2, 0.25) is 0 Å². The fourth-order valence-corrected chi connectivity index (χ4v) is 5.90. The van der Waals surface area contributed by atoms with E-state index in [0.29, 0.717) is 24.6 Å². The number of carbonyl (C=O) groups is 2. The van der Waals surface area contributed by atoms with E-state index < -0.39 is 44.7 Å². The normalized spacial score (nSPS) is 14.2. The molecule has 1 N–H and O–H groups in total. The van der Waals surface area contributed by atoms with Crippen LogP contribution in [0.4, 0.5) is 13.9 Å². The van der Waals surface area contributed by atoms with Crippen LogP contribution in [0.15, 0.2) is 47.4 Å². The maximum Gasteiger partial charge on any atom is 0.350 e. The molecule has 3 aromatic rings. The molecule has 12 heteroatoms. The number of sulfone groups is 1. The molecular formula is C24H22F2N2O6S2. The number of benzene rings is 2. The standard InChI is InChI=1S/C24H22F2N2O6S2/c1-3-33-23(30)21-13(2)27-24(35-21)28-22(29)20(34-19-11-6-15(25)12-18(19)26)14-4-7-16(8-5-14)36(31,32)17-9-10-17/h4-8,11-12,17,20H,3,9-10H2,1-2H3,(H,27,28,29). The largest absolute Gasteiger partial charge is 0.473 e. The Balaban J connectivity index is 1.63. The summed E-state index contributed by atoms with van der Waals surface area (Å²) >= 11 is 0.900. The van der Waals surface area contributed by atoms with Gasteiger partial charge in [-0.05, 0) is 51.0 Å². The van der Waals surface area contributed by atoms with Crippen LogP contribution in [-0.2, 0) is 19.4 Å². The molecule has 0 aliphatic heterocycles. The van der Waals surface area contributed by atoms with E-state index in [4.69, 9.17) is 9.47 Å². The molecule has 190 valence electrons. The first-order chi connectivity index (χ1) is 17.1. The second kappa shape index (κ2) is 10.3. The molecule has 4 rings (SSSR count). The van der Waals surface area contributed by atoms with Crippen molar-refractivity contribution in [3.05, 3.63) is 70.2 Å². The number of carbonyl (C=O) groups excluding carboxylic acids is 2. The van der Waals surface area contributed by atoms with Gasteiger partial charge in [-0.1, -0.05) is 23.5 Å². The summed E-state index contributed by atoms with van der Waals surface area (Å²) in [6, 6.07) is 8.17. The zero-order valence-corrected chi connectivity index (χ0v) is 20.9. The van der Waals surface area contributed by atoms with Crippen LogP contribution in [-0.4, -0.2) is 37.1 Å². The average Bonchev–Trinajstić information content (AvgIpc) is 3.63. The summed E-state index contributed by atoms with van der Waals surface area (Å²) in [5.74, 6) is -3.56. The number of amides is 1. The average molecular weight is 537 g/mol. The van der Waals surface area contributed by atoms with E-state index in [0.717, 1.165) is 23.5 Å². The highest BCUT2D eigenvalue weighted by Crippen LogP contribution is 2.34. The monoisotopic (exact) mass is 536 g/mol. The van der Waals surface area contributed by atoms with Gasteiger partial charge in [-0.3, -0.25) is 10.1 Å². The SMILES string of the molecule is CCOC(=O)c1sc(NC(=O)C(Oc2ccc(F)cc2F)c2ccc(S(=O)(=O)C3CC3)cc2)nc1C. The minimum absolute atomic E-state index is 0.0849. The molecule has 2 aromatic carbocycles. The van der Waals surface area contributed by atoms with Gasteiger partial charge < -0.3 is 9.47 Å². The lowest BCUT2D eigenvalue weighted by Crippen LogP contribution is -2.26. The molecule has 0 spiro atoms. The molecule has 1 saturated carbocycles. The van der Waals surface area contributed by atoms with Gasteiger partial charge in [-0.2, -0.15) is 0 Å². The summed E-state index contributed by atoms with van der Waals surface area (Å²) in [7, 11) is -3.46. The summed E-state index contributed by atoms with van der Waals surface area (Å²) in [6.07, 6.45) is -0.246. The van der Waals surface area contributed by atoms with Crippen LogP contribution in [0.5, 0.6) is 5.75 Å². The third kappa shape index (κ3) is 5.54. The van der Waals surface area contributed by atoms with E-state index in [9.17, 15) is 26.8 Å². The van der Waals surface area contributed by atoms with E-state index in [1.54, 1.807) is 13.8 Å². The number of hydrogen-bond donors (Lipinski definition) is 1. The maximum absolute atomic E-state index is 14.3. The van der Waals surface area contributed by atoms with Gasteiger partial charge in [0.1, 0.15) is 10.7 Å². The van der Waals surface area contributed by atoms with Crippen LogP contribution < -0.4 is 10.1 Å². The number of halogens is 2. The minimum atomic E-state index is -3.46. The van der Waals surface area contributed by atoms with E-state index in [2.05, 4.69) is 10.3 Å². The second-order valence-electron chi connectivity index (χ2n) is 8.03. The summed E-state index contributed by atoms with van der Waals surface area (Å²) in [4.78, 5) is 29.8. The van der Waals surface area contributed by atoms with Gasteiger partial charge in [-0.25, -0.2) is 27.0 Å². The molecule has 1 aliphatic rings. The van der Waals surface area contributed by atoms with Crippen LogP contribution in [0.1, 0.15) is 46.8 Å². The molecule has 0 saturated heterocycles. The molecule has 1 amide bonds. The van der Waals surface area contributed by atoms with E-state index in [-0.39, 0.29) is 32.8 Å². The molecule has 1 aliphatic carbocycles. The highest BCUT2D eigenvalue weighted by atomic mass is 32.2. The van der Waals surface area contributed by atoms with Crippen molar-refractivity contribution < 1.29 is 36.3 Å². The third-order valence-electron chi connectivity index (χ3n) is 5.34. The summed E-state index contributed by atoms with van der Waals surface area (Å²) in [6.45, 7) is 3.41. The lowest BCUT2D eigenvalue weighted by molar-refractivity contribution is -0.123. The molecule has 1 unspecified atom stereocenters. The topological polar surface area (TPSA) is 112 Å². The number of nitrogens with one attached hydrogen (secondary N) is 1. The van der Waals surface area contributed by atoms with Crippen molar-refractivity contribution >= 4 is 38.2 Å². The van der Waals surface area contributed by atoms with Crippen molar-refractivity contribution in [3.63, 3.8) is 0 Å². The molecule has 1 aromatic heterocycles. The van der Waals surface area contributed by atoms with Crippen molar-refractivity contribution in [2.75, 3.05) is 11.9 Å². The van der Waals surface area contributed by atoms with Gasteiger partial charge in [0, 0.05) is 11.6 Å². The van der Waals surface area contributed by atoms with Crippen molar-refractivity contribution in [1.82, 2.24) is 4.98 Å². The Hall–Kier alpha value is -3.38. The van der Waals surface area contributed by atoms with Crippen molar-refractivity contribution in [3.8, 4) is 5.75 Å². The van der Waals surface area contributed by atoms with Gasteiger partial charge in [0.2, 0.25) is 6.10 Å². The van der Waals surface area contributed by atoms with E-state index in [1.165, 1.54) is 24.3 Å². The Bertz CT molecular complexity index is 1400. The molecule has 8 nitrogen and oxygen atoms in total. The summed E-state index contributed by atoms with van der Waals surface area (Å²) < 4.78 is 63.3. The predicted molar refractivity (Wildman–Crippen MR) is 128 cm³/mol. The van der Waals surface area contributed by atoms with Crippen LogP contribution in [0, 0.1) is 18.6 Å². The van der Waals surface area contributed by atoms with E-state index in [1.807, 2.05) is 0 Å². The van der Waals surface area contributed by atoms with Gasteiger partial charge in [0.25, 0.3) is 5.91 Å². The first kappa shape index (κ1) is 25.7. The Kier molecular flexibility index (Phi) is 7.36. The third-order valence-corrected chi connectivity index (χ3v) is 8.67. The summed E-state index contributed by atoms with van der Waals surface area (Å²) in [5, 5.41) is 2.22.